The lowest BCUT2D eigenvalue weighted by molar-refractivity contribution is 0.0958. The molecule has 0 spiro atoms. The largest absolute Gasteiger partial charge is 0.349 e. The molecular weight excluding hydrogens is 390 g/mol. The minimum Gasteiger partial charge on any atom is -0.349 e. The highest BCUT2D eigenvalue weighted by Gasteiger charge is 2.23. The predicted molar refractivity (Wildman–Crippen MR) is 96.2 cm³/mol. The molecule has 0 atom stereocenters. The number of anilines is 1. The molecule has 132 valence electrons. The number of rotatable bonds is 6. The third-order valence-corrected chi connectivity index (χ3v) is 5.22. The van der Waals surface area contributed by atoms with Gasteiger partial charge in [0, 0.05) is 6.54 Å². The van der Waals surface area contributed by atoms with Gasteiger partial charge in [0.2, 0.25) is 0 Å². The molecule has 0 saturated carbocycles. The summed E-state index contributed by atoms with van der Waals surface area (Å²) in [4.78, 5) is 11.7. The van der Waals surface area contributed by atoms with Crippen molar-refractivity contribution in [2.45, 2.75) is 4.90 Å². The van der Waals surface area contributed by atoms with Crippen molar-refractivity contribution in [2.24, 2.45) is 0 Å². The monoisotopic (exact) mass is 402 g/mol. The topological polar surface area (TPSA) is 75.3 Å². The molecule has 0 fully saturated rings. The molecule has 2 aromatic rings. The van der Waals surface area contributed by atoms with Crippen LogP contribution in [0.3, 0.4) is 0 Å². The number of carbonyl (C=O) groups is 1. The van der Waals surface area contributed by atoms with Crippen LogP contribution in [0.2, 0.25) is 10.0 Å². The van der Waals surface area contributed by atoms with Crippen molar-refractivity contribution in [1.82, 2.24) is 5.32 Å². The van der Waals surface area contributed by atoms with Gasteiger partial charge in [0.05, 0.1) is 21.3 Å². The first kappa shape index (κ1) is 19.2. The number of benzene rings is 2. The molecule has 1 amide bonds. The van der Waals surface area contributed by atoms with E-state index in [1.165, 1.54) is 24.3 Å². The number of halogens is 3. The van der Waals surface area contributed by atoms with E-state index >= 15 is 0 Å². The summed E-state index contributed by atoms with van der Waals surface area (Å²) in [7, 11) is -4.24. The van der Waals surface area contributed by atoms with Crippen LogP contribution in [-0.4, -0.2) is 20.9 Å². The fourth-order valence-electron chi connectivity index (χ4n) is 1.91. The molecule has 0 heterocycles. The van der Waals surface area contributed by atoms with E-state index < -0.39 is 26.6 Å². The van der Waals surface area contributed by atoms with Crippen LogP contribution < -0.4 is 10.0 Å². The summed E-state index contributed by atoms with van der Waals surface area (Å²) in [5, 5.41) is 2.27. The minimum atomic E-state index is -4.24. The zero-order valence-electron chi connectivity index (χ0n) is 12.7. The SMILES string of the molecule is C=CCNC(=O)c1cc(S(=O)(=O)Nc2ccccc2F)c(Cl)cc1Cl. The molecule has 0 unspecified atom stereocenters. The van der Waals surface area contributed by atoms with Gasteiger partial charge in [-0.15, -0.1) is 6.58 Å². The number of hydrogen-bond acceptors (Lipinski definition) is 3. The maximum Gasteiger partial charge on any atom is 0.263 e. The van der Waals surface area contributed by atoms with Crippen LogP contribution in [-0.2, 0) is 10.0 Å². The van der Waals surface area contributed by atoms with Crippen LogP contribution in [0.5, 0.6) is 0 Å². The number of hydrogen-bond donors (Lipinski definition) is 2. The Labute approximate surface area is 154 Å². The van der Waals surface area contributed by atoms with Crippen molar-refractivity contribution in [2.75, 3.05) is 11.3 Å². The van der Waals surface area contributed by atoms with Gasteiger partial charge in [0.15, 0.2) is 0 Å². The molecule has 0 aliphatic heterocycles. The lowest BCUT2D eigenvalue weighted by Gasteiger charge is -2.13. The van der Waals surface area contributed by atoms with Crippen LogP contribution in [0.15, 0.2) is 53.9 Å². The summed E-state index contributed by atoms with van der Waals surface area (Å²) < 4.78 is 40.8. The van der Waals surface area contributed by atoms with Crippen molar-refractivity contribution in [3.63, 3.8) is 0 Å². The van der Waals surface area contributed by atoms with E-state index in [0.717, 1.165) is 18.2 Å². The second-order valence-corrected chi connectivity index (χ2v) is 7.31. The standard InChI is InChI=1S/C16H13Cl2FN2O3S/c1-2-7-20-16(22)10-8-15(12(18)9-11(10)17)25(23,24)21-14-6-4-3-5-13(14)19/h2-6,8-9,21H,1,7H2,(H,20,22). The lowest BCUT2D eigenvalue weighted by atomic mass is 10.2. The Hall–Kier alpha value is -2.09. The normalized spacial score (nSPS) is 11.0. The molecule has 0 radical (unpaired) electrons. The van der Waals surface area contributed by atoms with Crippen LogP contribution in [0, 0.1) is 5.82 Å². The molecule has 2 rings (SSSR count). The summed E-state index contributed by atoms with van der Waals surface area (Å²) in [5.74, 6) is -1.34. The van der Waals surface area contributed by atoms with E-state index in [0.29, 0.717) is 0 Å². The molecule has 0 bridgehead atoms. The molecule has 0 aliphatic rings. The molecule has 2 N–H and O–H groups in total. The smallest absolute Gasteiger partial charge is 0.263 e. The first-order valence-electron chi connectivity index (χ1n) is 6.91. The molecule has 25 heavy (non-hydrogen) atoms. The van der Waals surface area contributed by atoms with E-state index in [4.69, 9.17) is 23.2 Å². The van der Waals surface area contributed by atoms with Crippen molar-refractivity contribution in [3.8, 4) is 0 Å². The Balaban J connectivity index is 2.45. The maximum absolute atomic E-state index is 13.7. The Bertz CT molecular complexity index is 933. The van der Waals surface area contributed by atoms with Gasteiger partial charge >= 0.3 is 0 Å². The number of nitrogens with one attached hydrogen (secondary N) is 2. The van der Waals surface area contributed by atoms with E-state index in [1.807, 2.05) is 0 Å². The molecule has 0 aromatic heterocycles. The molecular formula is C16H13Cl2FN2O3S. The van der Waals surface area contributed by atoms with Crippen molar-refractivity contribution < 1.29 is 17.6 Å². The Morgan fingerprint density at radius 1 is 1.20 bits per heavy atom. The van der Waals surface area contributed by atoms with Crippen molar-refractivity contribution in [3.05, 3.63) is 70.5 Å². The second kappa shape index (κ2) is 7.86. The lowest BCUT2D eigenvalue weighted by Crippen LogP contribution is -2.24. The van der Waals surface area contributed by atoms with E-state index in [9.17, 15) is 17.6 Å². The van der Waals surface area contributed by atoms with Gasteiger partial charge in [-0.05, 0) is 24.3 Å². The molecule has 9 heteroatoms. The minimum absolute atomic E-state index is 0.0172. The zero-order chi connectivity index (χ0) is 18.6. The summed E-state index contributed by atoms with van der Waals surface area (Å²) in [6.45, 7) is 3.64. The number of carbonyl (C=O) groups excluding carboxylic acids is 1. The van der Waals surface area contributed by atoms with Gasteiger partial charge in [-0.25, -0.2) is 12.8 Å². The third kappa shape index (κ3) is 4.50. The fraction of sp³-hybridized carbons (Fsp3) is 0.0625. The molecule has 5 nitrogen and oxygen atoms in total. The Morgan fingerprint density at radius 2 is 1.88 bits per heavy atom. The zero-order valence-corrected chi connectivity index (χ0v) is 15.1. The highest BCUT2D eigenvalue weighted by Crippen LogP contribution is 2.30. The van der Waals surface area contributed by atoms with Crippen molar-refractivity contribution >= 4 is 44.8 Å². The van der Waals surface area contributed by atoms with E-state index in [2.05, 4.69) is 16.6 Å². The van der Waals surface area contributed by atoms with Gasteiger partial charge in [-0.2, -0.15) is 0 Å². The number of amides is 1. The summed E-state index contributed by atoms with van der Waals surface area (Å²) in [6, 6.07) is 7.43. The average Bonchev–Trinajstić information content (AvgIpc) is 2.54. The summed E-state index contributed by atoms with van der Waals surface area (Å²) >= 11 is 11.9. The van der Waals surface area contributed by atoms with Gasteiger partial charge in [0.1, 0.15) is 10.7 Å². The molecule has 0 saturated heterocycles. The van der Waals surface area contributed by atoms with E-state index in [-0.39, 0.29) is 27.8 Å². The highest BCUT2D eigenvalue weighted by atomic mass is 35.5. The highest BCUT2D eigenvalue weighted by molar-refractivity contribution is 7.92. The van der Waals surface area contributed by atoms with Crippen LogP contribution in [0.25, 0.3) is 0 Å². The predicted octanol–water partition coefficient (Wildman–Crippen LogP) is 3.85. The first-order valence-corrected chi connectivity index (χ1v) is 9.15. The summed E-state index contributed by atoms with van der Waals surface area (Å²) in [6.07, 6.45) is 1.46. The van der Waals surface area contributed by atoms with Gasteiger partial charge in [0.25, 0.3) is 15.9 Å². The Morgan fingerprint density at radius 3 is 2.52 bits per heavy atom. The number of para-hydroxylation sites is 1. The van der Waals surface area contributed by atoms with Gasteiger partial charge in [-0.1, -0.05) is 41.4 Å². The van der Waals surface area contributed by atoms with Crippen LogP contribution in [0.1, 0.15) is 10.4 Å². The summed E-state index contributed by atoms with van der Waals surface area (Å²) in [5.41, 5.74) is -0.326. The van der Waals surface area contributed by atoms with Crippen LogP contribution >= 0.6 is 23.2 Å². The second-order valence-electron chi connectivity index (χ2n) is 4.85. The quantitative estimate of drug-likeness (QED) is 0.720. The van der Waals surface area contributed by atoms with Crippen LogP contribution in [0.4, 0.5) is 10.1 Å². The first-order chi connectivity index (χ1) is 11.8. The number of sulfonamides is 1. The van der Waals surface area contributed by atoms with Gasteiger partial charge in [-0.3, -0.25) is 9.52 Å². The average molecular weight is 403 g/mol. The third-order valence-electron chi connectivity index (χ3n) is 3.08. The maximum atomic E-state index is 13.7. The van der Waals surface area contributed by atoms with E-state index in [1.54, 1.807) is 0 Å². The van der Waals surface area contributed by atoms with Gasteiger partial charge < -0.3 is 5.32 Å². The van der Waals surface area contributed by atoms with Crippen molar-refractivity contribution in [1.29, 1.82) is 0 Å². The molecule has 2 aromatic carbocycles. The fourth-order valence-corrected chi connectivity index (χ4v) is 3.84. The Kier molecular flexibility index (Phi) is 6.05. The molecule has 0 aliphatic carbocycles.